The standard InChI is InChI=1S/C26H27N4/c1-27(2)19-13-15-30(16-14-19)26(22-17-28(3)24-11-7-5-9-20(22)24)23-18-29(4)25-12-8-6-10-21(23)25/h5-18,26H,1-4H3/q+1. The Bertz CT molecular complexity index is 1260. The zero-order valence-corrected chi connectivity index (χ0v) is 17.9. The van der Waals surface area contributed by atoms with E-state index < -0.39 is 0 Å². The van der Waals surface area contributed by atoms with Crippen molar-refractivity contribution in [3.63, 3.8) is 0 Å². The minimum Gasteiger partial charge on any atom is -0.377 e. The zero-order chi connectivity index (χ0) is 20.8. The maximum Gasteiger partial charge on any atom is 0.213 e. The summed E-state index contributed by atoms with van der Waals surface area (Å²) < 4.78 is 6.80. The average molecular weight is 396 g/mol. The second-order valence-corrected chi connectivity index (χ2v) is 8.23. The van der Waals surface area contributed by atoms with Gasteiger partial charge in [-0.05, 0) is 12.1 Å². The van der Waals surface area contributed by atoms with E-state index in [-0.39, 0.29) is 6.04 Å². The fourth-order valence-corrected chi connectivity index (χ4v) is 4.57. The van der Waals surface area contributed by atoms with Gasteiger partial charge in [-0.1, -0.05) is 36.4 Å². The summed E-state index contributed by atoms with van der Waals surface area (Å²) in [5.74, 6) is 0. The molecule has 0 amide bonds. The van der Waals surface area contributed by atoms with Crippen molar-refractivity contribution in [3.8, 4) is 0 Å². The molecule has 0 fully saturated rings. The van der Waals surface area contributed by atoms with Gasteiger partial charge < -0.3 is 14.0 Å². The summed E-state index contributed by atoms with van der Waals surface area (Å²) in [5.41, 5.74) is 6.33. The Kier molecular flexibility index (Phi) is 4.35. The highest BCUT2D eigenvalue weighted by Gasteiger charge is 2.30. The fraction of sp³-hybridized carbons (Fsp3) is 0.192. The molecule has 0 bridgehead atoms. The first-order valence-electron chi connectivity index (χ1n) is 10.3. The van der Waals surface area contributed by atoms with Gasteiger partial charge in [0, 0.05) is 80.2 Å². The van der Waals surface area contributed by atoms with Crippen LogP contribution in [0, 0.1) is 0 Å². The Morgan fingerprint density at radius 1 is 0.700 bits per heavy atom. The third-order valence-electron chi connectivity index (χ3n) is 6.09. The molecular weight excluding hydrogens is 368 g/mol. The molecule has 0 aliphatic carbocycles. The highest BCUT2D eigenvalue weighted by Crippen LogP contribution is 2.34. The molecule has 4 nitrogen and oxygen atoms in total. The molecule has 2 aromatic carbocycles. The average Bonchev–Trinajstić information content (AvgIpc) is 3.27. The molecule has 0 atom stereocenters. The molecule has 0 spiro atoms. The first-order chi connectivity index (χ1) is 14.5. The van der Waals surface area contributed by atoms with E-state index in [0.717, 1.165) is 0 Å². The van der Waals surface area contributed by atoms with Crippen molar-refractivity contribution in [2.75, 3.05) is 19.0 Å². The van der Waals surface area contributed by atoms with E-state index in [0.29, 0.717) is 0 Å². The van der Waals surface area contributed by atoms with Crippen molar-refractivity contribution in [2.45, 2.75) is 6.04 Å². The molecule has 4 heteroatoms. The molecule has 0 aliphatic rings. The molecule has 0 radical (unpaired) electrons. The first-order valence-corrected chi connectivity index (χ1v) is 10.3. The number of benzene rings is 2. The number of aryl methyl sites for hydroxylation is 2. The fourth-order valence-electron chi connectivity index (χ4n) is 4.57. The van der Waals surface area contributed by atoms with Gasteiger partial charge in [-0.3, -0.25) is 0 Å². The van der Waals surface area contributed by atoms with Gasteiger partial charge >= 0.3 is 0 Å². The van der Waals surface area contributed by atoms with E-state index in [1.807, 2.05) is 0 Å². The van der Waals surface area contributed by atoms with Crippen LogP contribution in [0.3, 0.4) is 0 Å². The lowest BCUT2D eigenvalue weighted by atomic mass is 9.97. The van der Waals surface area contributed by atoms with Crippen molar-refractivity contribution in [3.05, 3.63) is 96.6 Å². The van der Waals surface area contributed by atoms with Crippen LogP contribution in [0.4, 0.5) is 5.69 Å². The van der Waals surface area contributed by atoms with Gasteiger partial charge in [0.1, 0.15) is 0 Å². The molecular formula is C26H27N4+. The number of hydrogen-bond acceptors (Lipinski definition) is 1. The topological polar surface area (TPSA) is 17.0 Å². The smallest absolute Gasteiger partial charge is 0.213 e. The molecule has 5 aromatic rings. The summed E-state index contributed by atoms with van der Waals surface area (Å²) in [6.07, 6.45) is 8.96. The normalized spacial score (nSPS) is 11.6. The van der Waals surface area contributed by atoms with Gasteiger partial charge in [-0.25, -0.2) is 0 Å². The Morgan fingerprint density at radius 2 is 1.17 bits per heavy atom. The van der Waals surface area contributed by atoms with Crippen molar-refractivity contribution in [2.24, 2.45) is 14.1 Å². The SMILES string of the molecule is CN(C)c1cc[n+](C(c2cn(C)c3ccccc23)c2cn(C)c3ccccc23)cc1. The molecule has 0 N–H and O–H groups in total. The van der Waals surface area contributed by atoms with Crippen molar-refractivity contribution in [1.82, 2.24) is 9.13 Å². The van der Waals surface area contributed by atoms with E-state index >= 15 is 0 Å². The number of fused-ring (bicyclic) bond motifs is 2. The Hall–Kier alpha value is -3.53. The van der Waals surface area contributed by atoms with Gasteiger partial charge in [0.2, 0.25) is 6.04 Å². The van der Waals surface area contributed by atoms with Crippen molar-refractivity contribution in [1.29, 1.82) is 0 Å². The third kappa shape index (κ3) is 2.88. The molecule has 0 aliphatic heterocycles. The summed E-state index contributed by atoms with van der Waals surface area (Å²) in [5, 5.41) is 2.59. The van der Waals surface area contributed by atoms with E-state index in [9.17, 15) is 0 Å². The van der Waals surface area contributed by atoms with Crippen LogP contribution in [-0.4, -0.2) is 23.2 Å². The number of para-hydroxylation sites is 2. The minimum absolute atomic E-state index is 0.0819. The van der Waals surface area contributed by atoms with E-state index in [2.05, 4.69) is 132 Å². The quantitative estimate of drug-likeness (QED) is 0.405. The molecule has 30 heavy (non-hydrogen) atoms. The summed E-state index contributed by atoms with van der Waals surface area (Å²) >= 11 is 0. The van der Waals surface area contributed by atoms with E-state index in [1.54, 1.807) is 0 Å². The predicted octanol–water partition coefficient (Wildman–Crippen LogP) is 4.66. The number of rotatable bonds is 4. The second-order valence-electron chi connectivity index (χ2n) is 8.23. The lowest BCUT2D eigenvalue weighted by Gasteiger charge is -2.15. The number of anilines is 1. The number of nitrogens with zero attached hydrogens (tertiary/aromatic N) is 4. The highest BCUT2D eigenvalue weighted by molar-refractivity contribution is 5.88. The van der Waals surface area contributed by atoms with Crippen LogP contribution in [0.5, 0.6) is 0 Å². The molecule has 3 aromatic heterocycles. The highest BCUT2D eigenvalue weighted by atomic mass is 15.1. The molecule has 5 rings (SSSR count). The third-order valence-corrected chi connectivity index (χ3v) is 6.09. The van der Waals surface area contributed by atoms with Crippen molar-refractivity contribution < 1.29 is 4.57 Å². The Balaban J connectivity index is 1.79. The van der Waals surface area contributed by atoms with Crippen LogP contribution >= 0.6 is 0 Å². The van der Waals surface area contributed by atoms with Crippen LogP contribution in [0.1, 0.15) is 17.2 Å². The van der Waals surface area contributed by atoms with Crippen LogP contribution in [0.25, 0.3) is 21.8 Å². The largest absolute Gasteiger partial charge is 0.377 e. The number of aromatic nitrogens is 3. The van der Waals surface area contributed by atoms with E-state index in [1.165, 1.54) is 38.6 Å². The maximum absolute atomic E-state index is 2.33. The van der Waals surface area contributed by atoms with Crippen LogP contribution in [-0.2, 0) is 14.1 Å². The molecule has 150 valence electrons. The summed E-state index contributed by atoms with van der Waals surface area (Å²) in [6.45, 7) is 0. The monoisotopic (exact) mass is 395 g/mol. The lowest BCUT2D eigenvalue weighted by Crippen LogP contribution is -2.40. The van der Waals surface area contributed by atoms with Gasteiger partial charge in [-0.15, -0.1) is 0 Å². The lowest BCUT2D eigenvalue weighted by molar-refractivity contribution is -0.704. The van der Waals surface area contributed by atoms with Gasteiger partial charge in [-0.2, -0.15) is 4.57 Å². The molecule has 3 heterocycles. The summed E-state index contributed by atoms with van der Waals surface area (Å²) in [6, 6.07) is 21.8. The number of hydrogen-bond donors (Lipinski definition) is 0. The second kappa shape index (κ2) is 7.06. The molecule has 0 unspecified atom stereocenters. The zero-order valence-electron chi connectivity index (χ0n) is 17.9. The molecule has 0 saturated carbocycles. The Labute approximate surface area is 177 Å². The van der Waals surface area contributed by atoms with E-state index in [4.69, 9.17) is 0 Å². The van der Waals surface area contributed by atoms with Crippen molar-refractivity contribution >= 4 is 27.5 Å². The minimum atomic E-state index is 0.0819. The maximum atomic E-state index is 2.33. The summed E-state index contributed by atoms with van der Waals surface area (Å²) in [7, 11) is 8.41. The van der Waals surface area contributed by atoms with Gasteiger partial charge in [0.05, 0.1) is 11.1 Å². The van der Waals surface area contributed by atoms with Crippen LogP contribution < -0.4 is 9.47 Å². The summed E-state index contributed by atoms with van der Waals surface area (Å²) in [4.78, 5) is 2.13. The van der Waals surface area contributed by atoms with Crippen LogP contribution in [0.15, 0.2) is 85.5 Å². The van der Waals surface area contributed by atoms with Gasteiger partial charge in [0.15, 0.2) is 12.4 Å². The predicted molar refractivity (Wildman–Crippen MR) is 124 cm³/mol. The first kappa shape index (κ1) is 18.5. The van der Waals surface area contributed by atoms with Crippen LogP contribution in [0.2, 0.25) is 0 Å². The Morgan fingerprint density at radius 3 is 1.63 bits per heavy atom. The molecule has 0 saturated heterocycles. The number of pyridine rings is 1. The van der Waals surface area contributed by atoms with Gasteiger partial charge in [0.25, 0.3) is 0 Å².